The van der Waals surface area contributed by atoms with Gasteiger partial charge in [0.05, 0.1) is 6.54 Å². The Morgan fingerprint density at radius 1 is 1.30 bits per heavy atom. The molecule has 1 N–H and O–H groups in total. The molecule has 1 amide bonds. The zero-order valence-corrected chi connectivity index (χ0v) is 12.8. The topological polar surface area (TPSA) is 41.6 Å². The second kappa shape index (κ2) is 9.50. The van der Waals surface area contributed by atoms with Gasteiger partial charge < -0.3 is 10.1 Å². The molecule has 112 valence electrons. The highest BCUT2D eigenvalue weighted by atomic mass is 16.5. The van der Waals surface area contributed by atoms with Crippen molar-refractivity contribution in [3.05, 3.63) is 35.9 Å². The fraction of sp³-hybridized carbons (Fsp3) is 0.562. The molecule has 0 unspecified atom stereocenters. The van der Waals surface area contributed by atoms with E-state index in [4.69, 9.17) is 4.74 Å². The highest BCUT2D eigenvalue weighted by Gasteiger charge is 2.14. The summed E-state index contributed by atoms with van der Waals surface area (Å²) in [5.41, 5.74) is 1.23. The van der Waals surface area contributed by atoms with Crippen molar-refractivity contribution < 1.29 is 9.53 Å². The summed E-state index contributed by atoms with van der Waals surface area (Å²) in [6.45, 7) is 6.80. The summed E-state index contributed by atoms with van der Waals surface area (Å²) >= 11 is 0. The summed E-state index contributed by atoms with van der Waals surface area (Å²) in [6, 6.07) is 10.6. The van der Waals surface area contributed by atoms with Crippen molar-refractivity contribution in [3.8, 4) is 0 Å². The fourth-order valence-electron chi connectivity index (χ4n) is 1.92. The molecule has 0 aliphatic carbocycles. The first-order valence-corrected chi connectivity index (χ1v) is 7.17. The summed E-state index contributed by atoms with van der Waals surface area (Å²) in [7, 11) is 1.67. The smallest absolute Gasteiger partial charge is 0.234 e. The van der Waals surface area contributed by atoms with E-state index in [1.54, 1.807) is 7.11 Å². The van der Waals surface area contributed by atoms with Crippen molar-refractivity contribution in [2.75, 3.05) is 26.8 Å². The Labute approximate surface area is 122 Å². The molecule has 4 heteroatoms. The molecule has 0 bridgehead atoms. The average molecular weight is 278 g/mol. The van der Waals surface area contributed by atoms with Crippen LogP contribution in [0.25, 0.3) is 0 Å². The second-order valence-corrected chi connectivity index (χ2v) is 5.18. The fourth-order valence-corrected chi connectivity index (χ4v) is 1.92. The van der Waals surface area contributed by atoms with E-state index in [1.807, 2.05) is 18.2 Å². The van der Waals surface area contributed by atoms with Gasteiger partial charge in [-0.05, 0) is 25.8 Å². The maximum Gasteiger partial charge on any atom is 0.234 e. The molecule has 1 aromatic carbocycles. The molecule has 4 nitrogen and oxygen atoms in total. The van der Waals surface area contributed by atoms with Gasteiger partial charge in [0.25, 0.3) is 0 Å². The summed E-state index contributed by atoms with van der Waals surface area (Å²) in [4.78, 5) is 14.1. The summed E-state index contributed by atoms with van der Waals surface area (Å²) < 4.78 is 4.96. The summed E-state index contributed by atoms with van der Waals surface area (Å²) in [6.07, 6.45) is 0.850. The van der Waals surface area contributed by atoms with E-state index < -0.39 is 0 Å². The maximum atomic E-state index is 11.9. The van der Waals surface area contributed by atoms with Crippen LogP contribution < -0.4 is 5.32 Å². The number of hydrogen-bond donors (Lipinski definition) is 1. The van der Waals surface area contributed by atoms with Crippen LogP contribution in [-0.4, -0.2) is 43.7 Å². The molecule has 0 spiro atoms. The van der Waals surface area contributed by atoms with Gasteiger partial charge in [-0.1, -0.05) is 30.3 Å². The lowest BCUT2D eigenvalue weighted by atomic mass is 10.2. The quantitative estimate of drug-likeness (QED) is 0.703. The lowest BCUT2D eigenvalue weighted by Crippen LogP contribution is -2.40. The molecule has 0 radical (unpaired) electrons. The first-order valence-electron chi connectivity index (χ1n) is 7.17. The summed E-state index contributed by atoms with van der Waals surface area (Å²) in [5.74, 6) is 0.0748. The average Bonchev–Trinajstić information content (AvgIpc) is 2.44. The monoisotopic (exact) mass is 278 g/mol. The SMILES string of the molecule is COCCCNC(=O)CN(Cc1ccccc1)C(C)C. The molecule has 20 heavy (non-hydrogen) atoms. The molecule has 0 atom stereocenters. The van der Waals surface area contributed by atoms with E-state index >= 15 is 0 Å². The van der Waals surface area contributed by atoms with Crippen LogP contribution in [0.3, 0.4) is 0 Å². The van der Waals surface area contributed by atoms with E-state index in [9.17, 15) is 4.79 Å². The van der Waals surface area contributed by atoms with Gasteiger partial charge in [-0.25, -0.2) is 0 Å². The normalized spacial score (nSPS) is 11.1. The van der Waals surface area contributed by atoms with Crippen LogP contribution in [0.5, 0.6) is 0 Å². The number of carbonyl (C=O) groups is 1. The van der Waals surface area contributed by atoms with Crippen LogP contribution in [0.4, 0.5) is 0 Å². The van der Waals surface area contributed by atoms with Crippen LogP contribution in [0.1, 0.15) is 25.8 Å². The molecule has 0 aliphatic heterocycles. The molecule has 0 fully saturated rings. The minimum atomic E-state index is 0.0748. The zero-order valence-electron chi connectivity index (χ0n) is 12.8. The highest BCUT2D eigenvalue weighted by molar-refractivity contribution is 5.78. The van der Waals surface area contributed by atoms with E-state index in [1.165, 1.54) is 5.56 Å². The minimum absolute atomic E-state index is 0.0748. The number of methoxy groups -OCH3 is 1. The predicted molar refractivity (Wildman–Crippen MR) is 81.5 cm³/mol. The van der Waals surface area contributed by atoms with Gasteiger partial charge in [0, 0.05) is 32.8 Å². The Hall–Kier alpha value is -1.39. The lowest BCUT2D eigenvalue weighted by molar-refractivity contribution is -0.122. The molecule has 0 heterocycles. The Bertz CT molecular complexity index is 379. The highest BCUT2D eigenvalue weighted by Crippen LogP contribution is 2.07. The van der Waals surface area contributed by atoms with Gasteiger partial charge in [0.15, 0.2) is 0 Å². The molecule has 1 aromatic rings. The standard InChI is InChI=1S/C16H26N2O2/c1-14(2)18(12-15-8-5-4-6-9-15)13-16(19)17-10-7-11-20-3/h4-6,8-9,14H,7,10-13H2,1-3H3,(H,17,19). The number of benzene rings is 1. The summed E-state index contributed by atoms with van der Waals surface area (Å²) in [5, 5.41) is 2.93. The number of amides is 1. The first-order chi connectivity index (χ1) is 9.63. The van der Waals surface area contributed by atoms with Gasteiger partial charge in [0.1, 0.15) is 0 Å². The van der Waals surface area contributed by atoms with Crippen LogP contribution in [-0.2, 0) is 16.1 Å². The third-order valence-corrected chi connectivity index (χ3v) is 3.15. The maximum absolute atomic E-state index is 11.9. The Kier molecular flexibility index (Phi) is 7.92. The predicted octanol–water partition coefficient (Wildman–Crippen LogP) is 2.05. The molecule has 0 aromatic heterocycles. The Morgan fingerprint density at radius 2 is 2.00 bits per heavy atom. The number of nitrogens with one attached hydrogen (secondary N) is 1. The van der Waals surface area contributed by atoms with Crippen molar-refractivity contribution >= 4 is 5.91 Å². The van der Waals surface area contributed by atoms with Crippen molar-refractivity contribution in [1.82, 2.24) is 10.2 Å². The number of ether oxygens (including phenoxy) is 1. The van der Waals surface area contributed by atoms with Crippen molar-refractivity contribution in [1.29, 1.82) is 0 Å². The van der Waals surface area contributed by atoms with E-state index in [2.05, 4.69) is 36.2 Å². The van der Waals surface area contributed by atoms with Gasteiger partial charge in [-0.2, -0.15) is 0 Å². The van der Waals surface area contributed by atoms with Crippen LogP contribution >= 0.6 is 0 Å². The lowest BCUT2D eigenvalue weighted by Gasteiger charge is -2.25. The van der Waals surface area contributed by atoms with Crippen LogP contribution in [0.15, 0.2) is 30.3 Å². The molecule has 0 saturated heterocycles. The van der Waals surface area contributed by atoms with Crippen molar-refractivity contribution in [2.45, 2.75) is 32.9 Å². The third-order valence-electron chi connectivity index (χ3n) is 3.15. The first kappa shape index (κ1) is 16.7. The number of carbonyl (C=O) groups excluding carboxylic acids is 1. The molecule has 0 saturated carbocycles. The molecular weight excluding hydrogens is 252 g/mol. The van der Waals surface area contributed by atoms with E-state index in [0.717, 1.165) is 13.0 Å². The Balaban J connectivity index is 2.41. The van der Waals surface area contributed by atoms with E-state index in [0.29, 0.717) is 25.7 Å². The number of rotatable bonds is 9. The second-order valence-electron chi connectivity index (χ2n) is 5.18. The zero-order chi connectivity index (χ0) is 14.8. The third kappa shape index (κ3) is 6.68. The number of hydrogen-bond acceptors (Lipinski definition) is 3. The molecule has 1 rings (SSSR count). The largest absolute Gasteiger partial charge is 0.385 e. The van der Waals surface area contributed by atoms with Gasteiger partial charge in [0.2, 0.25) is 5.91 Å². The minimum Gasteiger partial charge on any atom is -0.385 e. The van der Waals surface area contributed by atoms with Crippen LogP contribution in [0, 0.1) is 0 Å². The van der Waals surface area contributed by atoms with Gasteiger partial charge in [-0.15, -0.1) is 0 Å². The van der Waals surface area contributed by atoms with Gasteiger partial charge in [-0.3, -0.25) is 9.69 Å². The van der Waals surface area contributed by atoms with Crippen molar-refractivity contribution in [3.63, 3.8) is 0 Å². The number of nitrogens with zero attached hydrogens (tertiary/aromatic N) is 1. The van der Waals surface area contributed by atoms with E-state index in [-0.39, 0.29) is 5.91 Å². The Morgan fingerprint density at radius 3 is 2.60 bits per heavy atom. The molecule has 0 aliphatic rings. The molecular formula is C16H26N2O2. The van der Waals surface area contributed by atoms with Crippen LogP contribution in [0.2, 0.25) is 0 Å². The van der Waals surface area contributed by atoms with Crippen molar-refractivity contribution in [2.24, 2.45) is 0 Å². The van der Waals surface area contributed by atoms with Gasteiger partial charge >= 0.3 is 0 Å².